The van der Waals surface area contributed by atoms with Gasteiger partial charge in [0, 0.05) is 6.54 Å². The molecule has 0 saturated carbocycles. The smallest absolute Gasteiger partial charge is 0.168 e. The van der Waals surface area contributed by atoms with E-state index in [1.165, 1.54) is 0 Å². The molecule has 0 radical (unpaired) electrons. The van der Waals surface area contributed by atoms with Crippen molar-refractivity contribution in [2.24, 2.45) is 0 Å². The number of carboxylic acids is 1. The SMILES string of the molecule is O=C([O-])CN1CNC(=S)NC1. The number of aliphatic carboxylic acids is 1. The molecule has 6 heteroatoms. The third-order valence-electron chi connectivity index (χ3n) is 1.28. The summed E-state index contributed by atoms with van der Waals surface area (Å²) < 4.78 is 0. The molecule has 1 fully saturated rings. The summed E-state index contributed by atoms with van der Waals surface area (Å²) in [4.78, 5) is 11.7. The maximum atomic E-state index is 10.1. The second-order valence-corrected chi connectivity index (χ2v) is 2.61. The Balaban J connectivity index is 2.28. The highest BCUT2D eigenvalue weighted by Crippen LogP contribution is 1.87. The average Bonchev–Trinajstić information content (AvgIpc) is 1.93. The molecule has 0 amide bonds. The van der Waals surface area contributed by atoms with Gasteiger partial charge in [-0.2, -0.15) is 0 Å². The summed E-state index contributed by atoms with van der Waals surface area (Å²) in [6, 6.07) is 0. The van der Waals surface area contributed by atoms with E-state index in [2.05, 4.69) is 10.6 Å². The molecule has 1 aliphatic heterocycles. The number of rotatable bonds is 2. The first-order valence-corrected chi connectivity index (χ1v) is 3.53. The molecule has 0 aromatic heterocycles. The van der Waals surface area contributed by atoms with Crippen molar-refractivity contribution in [3.8, 4) is 0 Å². The van der Waals surface area contributed by atoms with Gasteiger partial charge in [-0.15, -0.1) is 0 Å². The van der Waals surface area contributed by atoms with Gasteiger partial charge in [0.25, 0.3) is 0 Å². The van der Waals surface area contributed by atoms with Crippen molar-refractivity contribution in [1.29, 1.82) is 0 Å². The second-order valence-electron chi connectivity index (χ2n) is 2.20. The number of carbonyl (C=O) groups excluding carboxylic acids is 1. The van der Waals surface area contributed by atoms with Crippen LogP contribution in [0.4, 0.5) is 0 Å². The number of nitrogens with zero attached hydrogens (tertiary/aromatic N) is 1. The zero-order chi connectivity index (χ0) is 8.27. The molecular formula is C5H8N3O2S-. The van der Waals surface area contributed by atoms with Gasteiger partial charge in [-0.05, 0) is 12.2 Å². The van der Waals surface area contributed by atoms with Crippen LogP contribution in [0.3, 0.4) is 0 Å². The zero-order valence-corrected chi connectivity index (χ0v) is 6.61. The summed E-state index contributed by atoms with van der Waals surface area (Å²) >= 11 is 4.76. The molecule has 1 heterocycles. The van der Waals surface area contributed by atoms with Gasteiger partial charge < -0.3 is 20.5 Å². The summed E-state index contributed by atoms with van der Waals surface area (Å²) in [6.45, 7) is 0.836. The minimum Gasteiger partial charge on any atom is -0.549 e. The number of nitrogens with one attached hydrogen (secondary N) is 2. The number of carbonyl (C=O) groups is 1. The van der Waals surface area contributed by atoms with Gasteiger partial charge in [-0.3, -0.25) is 4.90 Å². The lowest BCUT2D eigenvalue weighted by molar-refractivity contribution is -0.306. The number of hydrogen-bond donors (Lipinski definition) is 2. The topological polar surface area (TPSA) is 67.4 Å². The molecule has 0 unspecified atom stereocenters. The largest absolute Gasteiger partial charge is 0.549 e. The standard InChI is InChI=1S/C5H9N3O2S/c9-4(10)1-8-2-6-5(11)7-3-8/h1-3H2,(H,9,10)(H2,6,7,11)/p-1. The van der Waals surface area contributed by atoms with E-state index in [1.807, 2.05) is 0 Å². The summed E-state index contributed by atoms with van der Waals surface area (Å²) in [5.74, 6) is -1.08. The Morgan fingerprint density at radius 3 is 2.64 bits per heavy atom. The Labute approximate surface area is 69.4 Å². The molecule has 0 aliphatic carbocycles. The Hall–Kier alpha value is -0.880. The quantitative estimate of drug-likeness (QED) is 0.449. The van der Waals surface area contributed by atoms with Crippen LogP contribution in [0.1, 0.15) is 0 Å². The number of carboxylic acid groups (broad SMARTS) is 1. The van der Waals surface area contributed by atoms with E-state index in [4.69, 9.17) is 12.2 Å². The molecule has 0 aromatic rings. The fourth-order valence-corrected chi connectivity index (χ4v) is 0.909. The van der Waals surface area contributed by atoms with Crippen molar-refractivity contribution in [2.75, 3.05) is 19.9 Å². The maximum absolute atomic E-state index is 10.1. The molecule has 5 nitrogen and oxygen atoms in total. The summed E-state index contributed by atoms with van der Waals surface area (Å²) in [5.41, 5.74) is 0. The molecule has 11 heavy (non-hydrogen) atoms. The second kappa shape index (κ2) is 3.49. The Morgan fingerprint density at radius 2 is 2.18 bits per heavy atom. The van der Waals surface area contributed by atoms with Crippen LogP contribution in [0.2, 0.25) is 0 Å². The van der Waals surface area contributed by atoms with E-state index in [9.17, 15) is 9.90 Å². The molecule has 62 valence electrons. The molecule has 1 saturated heterocycles. The highest BCUT2D eigenvalue weighted by Gasteiger charge is 2.10. The van der Waals surface area contributed by atoms with Gasteiger partial charge >= 0.3 is 0 Å². The van der Waals surface area contributed by atoms with E-state index in [0.717, 1.165) is 0 Å². The van der Waals surface area contributed by atoms with E-state index in [-0.39, 0.29) is 6.54 Å². The first-order valence-electron chi connectivity index (χ1n) is 3.12. The Kier molecular flexibility index (Phi) is 2.61. The van der Waals surface area contributed by atoms with Crippen molar-refractivity contribution >= 4 is 23.3 Å². The fourth-order valence-electron chi connectivity index (χ4n) is 0.780. The van der Waals surface area contributed by atoms with Gasteiger partial charge in [-0.1, -0.05) is 0 Å². The first kappa shape index (κ1) is 8.22. The fraction of sp³-hybridized carbons (Fsp3) is 0.600. The van der Waals surface area contributed by atoms with Crippen molar-refractivity contribution in [2.45, 2.75) is 0 Å². The zero-order valence-electron chi connectivity index (χ0n) is 5.79. The minimum absolute atomic E-state index is 0.0807. The van der Waals surface area contributed by atoms with Gasteiger partial charge in [0.05, 0.1) is 19.3 Å². The lowest BCUT2D eigenvalue weighted by Crippen LogP contribution is -2.56. The van der Waals surface area contributed by atoms with Crippen molar-refractivity contribution in [1.82, 2.24) is 15.5 Å². The van der Waals surface area contributed by atoms with Crippen LogP contribution < -0.4 is 15.7 Å². The molecule has 1 aliphatic rings. The van der Waals surface area contributed by atoms with Crippen LogP contribution in [0.15, 0.2) is 0 Å². The Morgan fingerprint density at radius 1 is 1.64 bits per heavy atom. The van der Waals surface area contributed by atoms with E-state index >= 15 is 0 Å². The highest BCUT2D eigenvalue weighted by molar-refractivity contribution is 7.80. The molecule has 0 bridgehead atoms. The van der Waals surface area contributed by atoms with Crippen molar-refractivity contribution < 1.29 is 9.90 Å². The lowest BCUT2D eigenvalue weighted by Gasteiger charge is -2.29. The van der Waals surface area contributed by atoms with Crippen LogP contribution >= 0.6 is 12.2 Å². The van der Waals surface area contributed by atoms with Crippen LogP contribution in [-0.2, 0) is 4.79 Å². The average molecular weight is 174 g/mol. The van der Waals surface area contributed by atoms with Crippen molar-refractivity contribution in [3.63, 3.8) is 0 Å². The van der Waals surface area contributed by atoms with Gasteiger partial charge in [0.15, 0.2) is 5.11 Å². The van der Waals surface area contributed by atoms with E-state index in [0.29, 0.717) is 18.4 Å². The van der Waals surface area contributed by atoms with Gasteiger partial charge in [-0.25, -0.2) is 0 Å². The molecule has 1 rings (SSSR count). The number of hydrogen-bond acceptors (Lipinski definition) is 4. The van der Waals surface area contributed by atoms with Gasteiger partial charge in [0.1, 0.15) is 0 Å². The summed E-state index contributed by atoms with van der Waals surface area (Å²) in [5, 5.41) is 16.2. The van der Waals surface area contributed by atoms with Crippen LogP contribution in [0.5, 0.6) is 0 Å². The Bertz CT molecular complexity index is 175. The third kappa shape index (κ3) is 2.69. The lowest BCUT2D eigenvalue weighted by atomic mass is 10.5. The normalized spacial score (nSPS) is 18.7. The van der Waals surface area contributed by atoms with Crippen LogP contribution in [0, 0.1) is 0 Å². The van der Waals surface area contributed by atoms with Gasteiger partial charge in [0.2, 0.25) is 0 Å². The molecular weight excluding hydrogens is 166 g/mol. The maximum Gasteiger partial charge on any atom is 0.168 e. The highest BCUT2D eigenvalue weighted by atomic mass is 32.1. The van der Waals surface area contributed by atoms with Crippen LogP contribution in [0.25, 0.3) is 0 Å². The molecule has 0 atom stereocenters. The number of thiocarbonyl (C=S) groups is 1. The molecule has 2 N–H and O–H groups in total. The molecule has 0 aromatic carbocycles. The first-order chi connectivity index (χ1) is 5.18. The minimum atomic E-state index is -1.08. The van der Waals surface area contributed by atoms with E-state index in [1.54, 1.807) is 4.90 Å². The predicted octanol–water partition coefficient (Wildman–Crippen LogP) is -2.57. The van der Waals surface area contributed by atoms with Crippen molar-refractivity contribution in [3.05, 3.63) is 0 Å². The monoisotopic (exact) mass is 174 g/mol. The van der Waals surface area contributed by atoms with Crippen LogP contribution in [-0.4, -0.2) is 35.9 Å². The molecule has 0 spiro atoms. The van der Waals surface area contributed by atoms with E-state index < -0.39 is 5.97 Å². The third-order valence-corrected chi connectivity index (χ3v) is 1.57. The summed E-state index contributed by atoms with van der Waals surface area (Å²) in [6.07, 6.45) is 0. The predicted molar refractivity (Wildman–Crippen MR) is 40.3 cm³/mol. The summed E-state index contributed by atoms with van der Waals surface area (Å²) in [7, 11) is 0.